The molecule has 96 valence electrons. The summed E-state index contributed by atoms with van der Waals surface area (Å²) in [7, 11) is -0.0248. The van der Waals surface area contributed by atoms with E-state index in [-0.39, 0.29) is 7.12 Å². The van der Waals surface area contributed by atoms with Crippen LogP contribution in [-0.4, -0.2) is 20.3 Å². The van der Waals surface area contributed by atoms with Gasteiger partial charge < -0.3 is 9.31 Å². The van der Waals surface area contributed by atoms with Gasteiger partial charge in [0.2, 0.25) is 0 Å². The molecule has 0 aliphatic carbocycles. The topological polar surface area (TPSA) is 18.5 Å². The van der Waals surface area contributed by atoms with Crippen molar-refractivity contribution in [1.29, 1.82) is 0 Å². The van der Waals surface area contributed by atoms with Crippen LogP contribution in [0.5, 0.6) is 0 Å². The average Bonchev–Trinajstić information content (AvgIpc) is 2.28. The van der Waals surface area contributed by atoms with Gasteiger partial charge in [-0.25, -0.2) is 0 Å². The Hall–Kier alpha value is -0.0151. The van der Waals surface area contributed by atoms with E-state index >= 15 is 0 Å². The zero-order valence-electron chi connectivity index (χ0n) is 11.5. The standard InChI is InChI=1S/C13H29BO2/c1-4-6-8-10-12-15-14(3)16-13-11-9-7-5-2/h4-13H2,1-3H3. The van der Waals surface area contributed by atoms with Gasteiger partial charge in [-0.3, -0.25) is 0 Å². The lowest BCUT2D eigenvalue weighted by Crippen LogP contribution is -2.19. The summed E-state index contributed by atoms with van der Waals surface area (Å²) < 4.78 is 11.1. The number of rotatable bonds is 12. The molecule has 0 unspecified atom stereocenters. The molecule has 0 aliphatic heterocycles. The highest BCUT2D eigenvalue weighted by Crippen LogP contribution is 2.02. The van der Waals surface area contributed by atoms with E-state index in [9.17, 15) is 0 Å². The van der Waals surface area contributed by atoms with Crippen molar-refractivity contribution >= 4 is 7.12 Å². The van der Waals surface area contributed by atoms with E-state index < -0.39 is 0 Å². The van der Waals surface area contributed by atoms with Gasteiger partial charge >= 0.3 is 7.12 Å². The molecular formula is C13H29BO2. The smallest absolute Gasteiger partial charge is 0.411 e. The normalized spacial score (nSPS) is 10.7. The lowest BCUT2D eigenvalue weighted by Gasteiger charge is -2.10. The van der Waals surface area contributed by atoms with Crippen molar-refractivity contribution in [3.63, 3.8) is 0 Å². The van der Waals surface area contributed by atoms with Crippen molar-refractivity contribution in [3.05, 3.63) is 0 Å². The van der Waals surface area contributed by atoms with E-state index in [2.05, 4.69) is 13.8 Å². The second-order valence-corrected chi connectivity index (χ2v) is 4.43. The summed E-state index contributed by atoms with van der Waals surface area (Å²) in [5.41, 5.74) is 0. The van der Waals surface area contributed by atoms with E-state index in [1.807, 2.05) is 6.82 Å². The summed E-state index contributed by atoms with van der Waals surface area (Å²) in [4.78, 5) is 0. The monoisotopic (exact) mass is 228 g/mol. The quantitative estimate of drug-likeness (QED) is 0.366. The minimum absolute atomic E-state index is 0.0248. The lowest BCUT2D eigenvalue weighted by molar-refractivity contribution is 0.194. The van der Waals surface area contributed by atoms with Crippen LogP contribution in [0.15, 0.2) is 0 Å². The fourth-order valence-electron chi connectivity index (χ4n) is 1.60. The van der Waals surface area contributed by atoms with Crippen LogP contribution in [0, 0.1) is 0 Å². The first-order valence-electron chi connectivity index (χ1n) is 7.04. The summed E-state index contributed by atoms with van der Waals surface area (Å²) in [6.07, 6.45) is 10.1. The van der Waals surface area contributed by atoms with E-state index in [1.54, 1.807) is 0 Å². The highest BCUT2D eigenvalue weighted by molar-refractivity contribution is 6.42. The van der Waals surface area contributed by atoms with Gasteiger partial charge in [-0.05, 0) is 19.7 Å². The minimum atomic E-state index is -0.0248. The molecule has 3 heteroatoms. The van der Waals surface area contributed by atoms with E-state index in [0.717, 1.165) is 26.1 Å². The van der Waals surface area contributed by atoms with Crippen LogP contribution in [0.3, 0.4) is 0 Å². The van der Waals surface area contributed by atoms with Gasteiger partial charge in [0.25, 0.3) is 0 Å². The fraction of sp³-hybridized carbons (Fsp3) is 1.00. The van der Waals surface area contributed by atoms with Gasteiger partial charge in [0.15, 0.2) is 0 Å². The zero-order chi connectivity index (χ0) is 12.1. The molecule has 0 aromatic heterocycles. The number of hydrogen-bond donors (Lipinski definition) is 0. The third-order valence-electron chi connectivity index (χ3n) is 2.70. The van der Waals surface area contributed by atoms with Crippen LogP contribution in [0.2, 0.25) is 6.82 Å². The molecule has 0 rings (SSSR count). The average molecular weight is 228 g/mol. The molecule has 0 saturated carbocycles. The largest absolute Gasteiger partial charge is 0.453 e. The summed E-state index contributed by atoms with van der Waals surface area (Å²) in [5.74, 6) is 0. The van der Waals surface area contributed by atoms with E-state index in [1.165, 1.54) is 38.5 Å². The molecule has 2 nitrogen and oxygen atoms in total. The molecule has 0 heterocycles. The SMILES string of the molecule is CCCCCCOB(C)OCCCCCC. The van der Waals surface area contributed by atoms with Crippen molar-refractivity contribution in [2.75, 3.05) is 13.2 Å². The second-order valence-electron chi connectivity index (χ2n) is 4.43. The summed E-state index contributed by atoms with van der Waals surface area (Å²) >= 11 is 0. The van der Waals surface area contributed by atoms with Gasteiger partial charge in [0.05, 0.1) is 0 Å². The van der Waals surface area contributed by atoms with Crippen molar-refractivity contribution in [3.8, 4) is 0 Å². The molecular weight excluding hydrogens is 199 g/mol. The first-order chi connectivity index (χ1) is 7.81. The predicted molar refractivity (Wildman–Crippen MR) is 71.8 cm³/mol. The highest BCUT2D eigenvalue weighted by Gasteiger charge is 2.08. The summed E-state index contributed by atoms with van der Waals surface area (Å²) in [5, 5.41) is 0. The molecule has 0 bridgehead atoms. The van der Waals surface area contributed by atoms with Crippen LogP contribution in [0.25, 0.3) is 0 Å². The molecule has 0 aromatic rings. The Kier molecular flexibility index (Phi) is 13.0. The molecule has 16 heavy (non-hydrogen) atoms. The van der Waals surface area contributed by atoms with Crippen LogP contribution in [0.4, 0.5) is 0 Å². The zero-order valence-corrected chi connectivity index (χ0v) is 11.5. The Balaban J connectivity index is 3.09. The molecule has 0 aromatic carbocycles. The summed E-state index contributed by atoms with van der Waals surface area (Å²) in [6.45, 7) is 8.14. The molecule has 0 fully saturated rings. The second kappa shape index (κ2) is 13.1. The maximum atomic E-state index is 5.57. The molecule has 0 saturated heterocycles. The molecule has 0 spiro atoms. The van der Waals surface area contributed by atoms with Gasteiger partial charge in [-0.2, -0.15) is 0 Å². The molecule has 0 amide bonds. The Labute approximate surface area is 102 Å². The maximum Gasteiger partial charge on any atom is 0.453 e. The van der Waals surface area contributed by atoms with Crippen LogP contribution in [0.1, 0.15) is 65.2 Å². The molecule has 0 aliphatic rings. The van der Waals surface area contributed by atoms with Crippen molar-refractivity contribution < 1.29 is 9.31 Å². The number of unbranched alkanes of at least 4 members (excludes halogenated alkanes) is 6. The third kappa shape index (κ3) is 12.1. The Morgan fingerprint density at radius 1 is 0.688 bits per heavy atom. The van der Waals surface area contributed by atoms with Crippen molar-refractivity contribution in [2.24, 2.45) is 0 Å². The van der Waals surface area contributed by atoms with Gasteiger partial charge in [0, 0.05) is 13.2 Å². The van der Waals surface area contributed by atoms with Crippen molar-refractivity contribution in [1.82, 2.24) is 0 Å². The summed E-state index contributed by atoms with van der Waals surface area (Å²) in [6, 6.07) is 0. The third-order valence-corrected chi connectivity index (χ3v) is 2.70. The maximum absolute atomic E-state index is 5.57. The predicted octanol–water partition coefficient (Wildman–Crippen LogP) is 4.30. The fourth-order valence-corrected chi connectivity index (χ4v) is 1.60. The van der Waals surface area contributed by atoms with E-state index in [0.29, 0.717) is 0 Å². The Bertz CT molecular complexity index is 117. The van der Waals surface area contributed by atoms with Crippen molar-refractivity contribution in [2.45, 2.75) is 72.0 Å². The molecule has 0 radical (unpaired) electrons. The van der Waals surface area contributed by atoms with Gasteiger partial charge in [-0.1, -0.05) is 52.4 Å². The number of hydrogen-bond acceptors (Lipinski definition) is 2. The van der Waals surface area contributed by atoms with Crippen LogP contribution in [-0.2, 0) is 9.31 Å². The Morgan fingerprint density at radius 3 is 1.50 bits per heavy atom. The first kappa shape index (κ1) is 16.0. The van der Waals surface area contributed by atoms with Gasteiger partial charge in [0.1, 0.15) is 0 Å². The Morgan fingerprint density at radius 2 is 1.12 bits per heavy atom. The minimum Gasteiger partial charge on any atom is -0.411 e. The van der Waals surface area contributed by atoms with Crippen LogP contribution < -0.4 is 0 Å². The highest BCUT2D eigenvalue weighted by atomic mass is 16.6. The first-order valence-corrected chi connectivity index (χ1v) is 7.04. The van der Waals surface area contributed by atoms with E-state index in [4.69, 9.17) is 9.31 Å². The van der Waals surface area contributed by atoms with Crippen LogP contribution >= 0.6 is 0 Å². The molecule has 0 atom stereocenters. The molecule has 0 N–H and O–H groups in total. The van der Waals surface area contributed by atoms with Gasteiger partial charge in [-0.15, -0.1) is 0 Å². The lowest BCUT2D eigenvalue weighted by atomic mass is 9.95.